The van der Waals surface area contributed by atoms with Crippen LogP contribution in [0.4, 0.5) is 5.95 Å². The molecule has 2 aromatic heterocycles. The van der Waals surface area contributed by atoms with Crippen LogP contribution in [-0.4, -0.2) is 20.9 Å². The van der Waals surface area contributed by atoms with Gasteiger partial charge in [0, 0.05) is 17.0 Å². The van der Waals surface area contributed by atoms with Crippen LogP contribution in [-0.2, 0) is 11.8 Å². The molecule has 8 heteroatoms. The summed E-state index contributed by atoms with van der Waals surface area (Å²) < 4.78 is 1.48. The summed E-state index contributed by atoms with van der Waals surface area (Å²) >= 11 is 5.88. The molecular weight excluding hydrogens is 270 g/mol. The normalized spacial score (nSPS) is 11.8. The molecule has 0 saturated heterocycles. The van der Waals surface area contributed by atoms with Crippen molar-refractivity contribution in [2.75, 3.05) is 5.32 Å². The monoisotopic (exact) mass is 284 g/mol. The SMILES string of the molecule is C[n+]1c(Cl)[nH]c2nc(NC(=O)C(C)(C)C)[nH]c(=O)c21. The van der Waals surface area contributed by atoms with Gasteiger partial charge in [0.15, 0.2) is 0 Å². The van der Waals surface area contributed by atoms with E-state index in [4.69, 9.17) is 11.6 Å². The van der Waals surface area contributed by atoms with Gasteiger partial charge in [-0.15, -0.1) is 0 Å². The minimum Gasteiger partial charge on any atom is -0.295 e. The van der Waals surface area contributed by atoms with E-state index in [-0.39, 0.29) is 22.7 Å². The highest BCUT2D eigenvalue weighted by Gasteiger charge is 2.24. The van der Waals surface area contributed by atoms with Crippen LogP contribution in [0.15, 0.2) is 4.79 Å². The fourth-order valence-corrected chi connectivity index (χ4v) is 1.67. The summed E-state index contributed by atoms with van der Waals surface area (Å²) in [6.45, 7) is 5.31. The largest absolute Gasteiger partial charge is 0.354 e. The van der Waals surface area contributed by atoms with Crippen molar-refractivity contribution < 1.29 is 9.36 Å². The van der Waals surface area contributed by atoms with Gasteiger partial charge in [-0.2, -0.15) is 4.98 Å². The molecule has 0 saturated carbocycles. The van der Waals surface area contributed by atoms with Crippen LogP contribution in [0.25, 0.3) is 11.2 Å². The number of amides is 1. The average molecular weight is 285 g/mol. The Morgan fingerprint density at radius 2 is 2.00 bits per heavy atom. The molecule has 2 heterocycles. The van der Waals surface area contributed by atoms with Gasteiger partial charge in [0.05, 0.1) is 7.05 Å². The highest BCUT2D eigenvalue weighted by molar-refractivity contribution is 6.27. The summed E-state index contributed by atoms with van der Waals surface area (Å²) in [5, 5.41) is 2.85. The molecule has 0 atom stereocenters. The molecule has 102 valence electrons. The third-order valence-corrected chi connectivity index (χ3v) is 3.01. The number of imidazole rings is 1. The van der Waals surface area contributed by atoms with Gasteiger partial charge in [-0.3, -0.25) is 19.9 Å². The van der Waals surface area contributed by atoms with Gasteiger partial charge in [0.1, 0.15) is 0 Å². The Kier molecular flexibility index (Phi) is 3.09. The summed E-state index contributed by atoms with van der Waals surface area (Å²) in [5.41, 5.74) is -0.315. The molecule has 2 aromatic rings. The minimum atomic E-state index is -0.578. The van der Waals surface area contributed by atoms with Crippen molar-refractivity contribution in [2.45, 2.75) is 20.8 Å². The zero-order valence-electron chi connectivity index (χ0n) is 11.1. The number of hydrogen-bond acceptors (Lipinski definition) is 3. The van der Waals surface area contributed by atoms with E-state index in [0.717, 1.165) is 0 Å². The van der Waals surface area contributed by atoms with Gasteiger partial charge < -0.3 is 0 Å². The smallest absolute Gasteiger partial charge is 0.295 e. The van der Waals surface area contributed by atoms with Crippen LogP contribution < -0.4 is 15.4 Å². The number of aryl methyl sites for hydroxylation is 1. The van der Waals surface area contributed by atoms with Crippen molar-refractivity contribution in [3.05, 3.63) is 15.6 Å². The Labute approximate surface area is 114 Å². The van der Waals surface area contributed by atoms with E-state index < -0.39 is 5.41 Å². The van der Waals surface area contributed by atoms with E-state index in [2.05, 4.69) is 20.3 Å². The number of aromatic nitrogens is 4. The summed E-state index contributed by atoms with van der Waals surface area (Å²) in [4.78, 5) is 33.2. The quantitative estimate of drug-likeness (QED) is 0.532. The highest BCUT2D eigenvalue weighted by atomic mass is 35.5. The predicted octanol–water partition coefficient (Wildman–Crippen LogP) is 0.714. The number of anilines is 1. The van der Waals surface area contributed by atoms with E-state index in [0.29, 0.717) is 11.2 Å². The van der Waals surface area contributed by atoms with E-state index in [9.17, 15) is 9.59 Å². The molecule has 2 rings (SSSR count). The maximum Gasteiger partial charge on any atom is 0.354 e. The van der Waals surface area contributed by atoms with Crippen LogP contribution in [0.1, 0.15) is 20.8 Å². The van der Waals surface area contributed by atoms with E-state index in [1.165, 1.54) is 4.57 Å². The first-order valence-corrected chi connectivity index (χ1v) is 6.07. The van der Waals surface area contributed by atoms with Crippen molar-refractivity contribution in [2.24, 2.45) is 12.5 Å². The average Bonchev–Trinajstić information content (AvgIpc) is 2.53. The first kappa shape index (κ1) is 13.5. The topological polar surface area (TPSA) is 94.5 Å². The number of aromatic amines is 2. The van der Waals surface area contributed by atoms with Crippen LogP contribution in [0.3, 0.4) is 0 Å². The molecular formula is C11H15ClN5O2+. The molecule has 0 aliphatic heterocycles. The van der Waals surface area contributed by atoms with Crippen LogP contribution >= 0.6 is 11.6 Å². The second-order valence-electron chi connectivity index (χ2n) is 5.29. The van der Waals surface area contributed by atoms with E-state index in [1.54, 1.807) is 27.8 Å². The maximum absolute atomic E-state index is 11.9. The molecule has 0 aromatic carbocycles. The number of rotatable bonds is 1. The molecule has 1 amide bonds. The lowest BCUT2D eigenvalue weighted by atomic mass is 9.96. The molecule has 0 aliphatic carbocycles. The molecule has 0 fully saturated rings. The Balaban J connectivity index is 2.48. The van der Waals surface area contributed by atoms with Gasteiger partial charge in [0.2, 0.25) is 11.9 Å². The van der Waals surface area contributed by atoms with E-state index in [1.807, 2.05) is 0 Å². The summed E-state index contributed by atoms with van der Waals surface area (Å²) in [5.74, 6) is -0.145. The number of nitrogens with zero attached hydrogens (tertiary/aromatic N) is 2. The number of nitrogens with one attached hydrogen (secondary N) is 3. The zero-order valence-corrected chi connectivity index (χ0v) is 11.8. The summed E-state index contributed by atoms with van der Waals surface area (Å²) in [6, 6.07) is 0. The zero-order chi connectivity index (χ0) is 14.4. The molecule has 7 nitrogen and oxygen atoms in total. The summed E-state index contributed by atoms with van der Waals surface area (Å²) in [6.07, 6.45) is 0. The van der Waals surface area contributed by atoms with Crippen LogP contribution in [0.2, 0.25) is 5.28 Å². The van der Waals surface area contributed by atoms with Crippen molar-refractivity contribution in [3.63, 3.8) is 0 Å². The lowest BCUT2D eigenvalue weighted by Gasteiger charge is -2.16. The van der Waals surface area contributed by atoms with Crippen LogP contribution in [0.5, 0.6) is 0 Å². The molecule has 3 N–H and O–H groups in total. The maximum atomic E-state index is 11.9. The number of carbonyl (C=O) groups excluding carboxylic acids is 1. The Bertz CT molecular complexity index is 710. The van der Waals surface area contributed by atoms with Crippen molar-refractivity contribution in [3.8, 4) is 0 Å². The number of hydrogen-bond donors (Lipinski definition) is 3. The fraction of sp³-hybridized carbons (Fsp3) is 0.455. The first-order valence-electron chi connectivity index (χ1n) is 5.69. The van der Waals surface area contributed by atoms with E-state index >= 15 is 0 Å². The Morgan fingerprint density at radius 3 is 2.58 bits per heavy atom. The highest BCUT2D eigenvalue weighted by Crippen LogP contribution is 2.15. The standard InChI is InChI=1S/C11H14ClN5O2/c1-11(2,3)8(19)16-10-14-6-5(7(18)15-10)17(4)9(12)13-6/h1-4H3,(H2,14,15,16,18,19)/p+1. The van der Waals surface area contributed by atoms with Gasteiger partial charge >= 0.3 is 10.8 Å². The van der Waals surface area contributed by atoms with Gasteiger partial charge in [-0.1, -0.05) is 20.8 Å². The first-order chi connectivity index (χ1) is 8.70. The van der Waals surface area contributed by atoms with Crippen molar-refractivity contribution >= 4 is 34.6 Å². The third kappa shape index (κ3) is 2.46. The lowest BCUT2D eigenvalue weighted by Crippen LogP contribution is -2.34. The van der Waals surface area contributed by atoms with Gasteiger partial charge in [-0.05, 0) is 0 Å². The second kappa shape index (κ2) is 4.34. The molecule has 0 unspecified atom stereocenters. The van der Waals surface area contributed by atoms with Crippen molar-refractivity contribution in [1.29, 1.82) is 0 Å². The minimum absolute atomic E-state index is 0.0935. The summed E-state index contributed by atoms with van der Waals surface area (Å²) in [7, 11) is 1.64. The molecule has 0 aliphatic rings. The Hall–Kier alpha value is -1.89. The number of halogens is 1. The molecule has 0 spiro atoms. The molecule has 0 bridgehead atoms. The molecule has 0 radical (unpaired) electrons. The van der Waals surface area contributed by atoms with Gasteiger partial charge in [-0.25, -0.2) is 9.55 Å². The third-order valence-electron chi connectivity index (χ3n) is 2.66. The van der Waals surface area contributed by atoms with Crippen LogP contribution in [0, 0.1) is 5.41 Å². The lowest BCUT2D eigenvalue weighted by molar-refractivity contribution is -0.642. The van der Waals surface area contributed by atoms with Gasteiger partial charge in [0.25, 0.3) is 11.2 Å². The number of fused-ring (bicyclic) bond motifs is 1. The Morgan fingerprint density at radius 1 is 1.37 bits per heavy atom. The second-order valence-corrected chi connectivity index (χ2v) is 5.65. The predicted molar refractivity (Wildman–Crippen MR) is 71.0 cm³/mol. The molecule has 19 heavy (non-hydrogen) atoms. The van der Waals surface area contributed by atoms with Crippen molar-refractivity contribution in [1.82, 2.24) is 15.0 Å². The number of H-pyrrole nitrogens is 2. The number of carbonyl (C=O) groups is 1. The fourth-order valence-electron chi connectivity index (χ4n) is 1.50.